The Kier molecular flexibility index (Phi) is 4.20. The van der Waals surface area contributed by atoms with Gasteiger partial charge in [-0.15, -0.1) is 11.8 Å². The van der Waals surface area contributed by atoms with Crippen molar-refractivity contribution in [3.05, 3.63) is 48.4 Å². The van der Waals surface area contributed by atoms with Crippen molar-refractivity contribution in [1.29, 1.82) is 0 Å². The summed E-state index contributed by atoms with van der Waals surface area (Å²) < 4.78 is 5.22. The number of carbonyl (C=O) groups excluding carboxylic acids is 1. The summed E-state index contributed by atoms with van der Waals surface area (Å²) in [7, 11) is 0. The highest BCUT2D eigenvalue weighted by Crippen LogP contribution is 2.37. The number of carbonyl (C=O) groups is 1. The summed E-state index contributed by atoms with van der Waals surface area (Å²) in [5.41, 5.74) is 1.15. The van der Waals surface area contributed by atoms with E-state index in [1.54, 1.807) is 6.26 Å². The zero-order chi connectivity index (χ0) is 14.7. The lowest BCUT2D eigenvalue weighted by Crippen LogP contribution is -2.41. The minimum Gasteiger partial charge on any atom is -0.467 e. The standard InChI is InChI=1S/C16H18N2O2S/c1-12-10-18(14-6-2-3-7-15(14)21-12)11-16(19)17-9-13-5-4-8-20-13/h2-8,12H,9-11H2,1H3,(H,17,19). The van der Waals surface area contributed by atoms with E-state index in [0.29, 0.717) is 18.3 Å². The summed E-state index contributed by atoms with van der Waals surface area (Å²) in [6.07, 6.45) is 1.61. The third-order valence-electron chi connectivity index (χ3n) is 3.39. The van der Waals surface area contributed by atoms with Crippen LogP contribution in [0.1, 0.15) is 12.7 Å². The van der Waals surface area contributed by atoms with Gasteiger partial charge in [-0.05, 0) is 24.3 Å². The molecule has 4 nitrogen and oxygen atoms in total. The van der Waals surface area contributed by atoms with Gasteiger partial charge in [-0.3, -0.25) is 4.79 Å². The van der Waals surface area contributed by atoms with Crippen LogP contribution < -0.4 is 10.2 Å². The van der Waals surface area contributed by atoms with Crippen molar-refractivity contribution in [2.75, 3.05) is 18.0 Å². The Labute approximate surface area is 128 Å². The van der Waals surface area contributed by atoms with Crippen molar-refractivity contribution >= 4 is 23.4 Å². The van der Waals surface area contributed by atoms with Crippen LogP contribution in [0, 0.1) is 0 Å². The summed E-state index contributed by atoms with van der Waals surface area (Å²) in [6, 6.07) is 11.9. The van der Waals surface area contributed by atoms with Gasteiger partial charge in [0, 0.05) is 16.7 Å². The molecule has 0 radical (unpaired) electrons. The molecule has 0 aliphatic carbocycles. The Morgan fingerprint density at radius 3 is 3.05 bits per heavy atom. The van der Waals surface area contributed by atoms with Crippen LogP contribution in [0.4, 0.5) is 5.69 Å². The zero-order valence-electron chi connectivity index (χ0n) is 11.9. The van der Waals surface area contributed by atoms with Gasteiger partial charge in [0.05, 0.1) is 25.0 Å². The lowest BCUT2D eigenvalue weighted by atomic mass is 10.2. The predicted octanol–water partition coefficient (Wildman–Crippen LogP) is 2.90. The van der Waals surface area contributed by atoms with E-state index in [9.17, 15) is 4.79 Å². The minimum absolute atomic E-state index is 0.0142. The van der Waals surface area contributed by atoms with Crippen molar-refractivity contribution in [3.8, 4) is 0 Å². The summed E-state index contributed by atoms with van der Waals surface area (Å²) in [5, 5.41) is 3.38. The molecule has 0 spiro atoms. The minimum atomic E-state index is 0.0142. The van der Waals surface area contributed by atoms with E-state index in [1.165, 1.54) is 4.90 Å². The topological polar surface area (TPSA) is 45.5 Å². The molecule has 1 aromatic heterocycles. The number of nitrogens with zero attached hydrogens (tertiary/aromatic N) is 1. The highest BCUT2D eigenvalue weighted by molar-refractivity contribution is 8.00. The molecule has 3 rings (SSSR count). The second-order valence-corrected chi connectivity index (χ2v) is 6.61. The number of hydrogen-bond acceptors (Lipinski definition) is 4. The average molecular weight is 302 g/mol. The molecule has 1 amide bonds. The number of anilines is 1. The van der Waals surface area contributed by atoms with Gasteiger partial charge in [0.1, 0.15) is 5.76 Å². The lowest BCUT2D eigenvalue weighted by molar-refractivity contribution is -0.120. The number of para-hydroxylation sites is 1. The van der Waals surface area contributed by atoms with Crippen molar-refractivity contribution in [2.24, 2.45) is 0 Å². The van der Waals surface area contributed by atoms with E-state index < -0.39 is 0 Å². The molecule has 0 bridgehead atoms. The smallest absolute Gasteiger partial charge is 0.239 e. The monoisotopic (exact) mass is 302 g/mol. The van der Waals surface area contributed by atoms with Crippen LogP contribution >= 0.6 is 11.8 Å². The van der Waals surface area contributed by atoms with E-state index in [-0.39, 0.29) is 5.91 Å². The molecule has 2 aromatic rings. The van der Waals surface area contributed by atoms with E-state index in [0.717, 1.165) is 18.0 Å². The van der Waals surface area contributed by atoms with Crippen molar-refractivity contribution in [1.82, 2.24) is 5.32 Å². The number of fused-ring (bicyclic) bond motifs is 1. The summed E-state index contributed by atoms with van der Waals surface area (Å²) in [5.74, 6) is 0.784. The highest BCUT2D eigenvalue weighted by Gasteiger charge is 2.23. The van der Waals surface area contributed by atoms with E-state index in [1.807, 2.05) is 36.0 Å². The Morgan fingerprint density at radius 1 is 1.38 bits per heavy atom. The third kappa shape index (κ3) is 3.42. The SMILES string of the molecule is CC1CN(CC(=O)NCc2ccco2)c2ccccc2S1. The molecular weight excluding hydrogens is 284 g/mol. The largest absolute Gasteiger partial charge is 0.467 e. The first kappa shape index (κ1) is 14.1. The molecule has 1 aromatic carbocycles. The molecule has 2 heterocycles. The second-order valence-electron chi connectivity index (χ2n) is 5.13. The van der Waals surface area contributed by atoms with Crippen molar-refractivity contribution in [2.45, 2.75) is 23.6 Å². The fraction of sp³-hybridized carbons (Fsp3) is 0.312. The van der Waals surface area contributed by atoms with Gasteiger partial charge in [-0.25, -0.2) is 0 Å². The number of nitrogens with one attached hydrogen (secondary N) is 1. The maximum Gasteiger partial charge on any atom is 0.239 e. The van der Waals surface area contributed by atoms with Gasteiger partial charge in [-0.2, -0.15) is 0 Å². The van der Waals surface area contributed by atoms with Crippen LogP contribution in [0.15, 0.2) is 52.0 Å². The van der Waals surface area contributed by atoms with E-state index >= 15 is 0 Å². The maximum atomic E-state index is 12.1. The van der Waals surface area contributed by atoms with Gasteiger partial charge >= 0.3 is 0 Å². The van der Waals surface area contributed by atoms with Crippen molar-refractivity contribution < 1.29 is 9.21 Å². The van der Waals surface area contributed by atoms with Gasteiger partial charge < -0.3 is 14.6 Å². The first-order valence-corrected chi connectivity index (χ1v) is 7.90. The third-order valence-corrected chi connectivity index (χ3v) is 4.54. The number of furan rings is 1. The van der Waals surface area contributed by atoms with Crippen LogP contribution in [0.5, 0.6) is 0 Å². The van der Waals surface area contributed by atoms with Gasteiger partial charge in [0.15, 0.2) is 0 Å². The number of thioether (sulfide) groups is 1. The molecule has 0 saturated carbocycles. The van der Waals surface area contributed by atoms with Gasteiger partial charge in [-0.1, -0.05) is 19.1 Å². The molecule has 5 heteroatoms. The molecule has 1 aliphatic rings. The van der Waals surface area contributed by atoms with Gasteiger partial charge in [0.25, 0.3) is 0 Å². The number of benzene rings is 1. The molecule has 0 saturated heterocycles. The second kappa shape index (κ2) is 6.26. The zero-order valence-corrected chi connectivity index (χ0v) is 12.7. The summed E-state index contributed by atoms with van der Waals surface area (Å²) in [4.78, 5) is 15.5. The Hall–Kier alpha value is -1.88. The summed E-state index contributed by atoms with van der Waals surface area (Å²) >= 11 is 1.87. The van der Waals surface area contributed by atoms with Crippen LogP contribution in [-0.4, -0.2) is 24.2 Å². The number of rotatable bonds is 4. The van der Waals surface area contributed by atoms with Crippen LogP contribution in [0.25, 0.3) is 0 Å². The van der Waals surface area contributed by atoms with Crippen molar-refractivity contribution in [3.63, 3.8) is 0 Å². The first-order chi connectivity index (χ1) is 10.2. The average Bonchev–Trinajstić information content (AvgIpc) is 2.98. The van der Waals surface area contributed by atoms with E-state index in [4.69, 9.17) is 4.42 Å². The molecule has 110 valence electrons. The highest BCUT2D eigenvalue weighted by atomic mass is 32.2. The first-order valence-electron chi connectivity index (χ1n) is 7.02. The van der Waals surface area contributed by atoms with Gasteiger partial charge in [0.2, 0.25) is 5.91 Å². The predicted molar refractivity (Wildman–Crippen MR) is 84.5 cm³/mol. The lowest BCUT2D eigenvalue weighted by Gasteiger charge is -2.33. The number of hydrogen-bond donors (Lipinski definition) is 1. The quantitative estimate of drug-likeness (QED) is 0.943. The molecule has 1 aliphatic heterocycles. The Bertz CT molecular complexity index is 612. The maximum absolute atomic E-state index is 12.1. The molecule has 1 N–H and O–H groups in total. The summed E-state index contributed by atoms with van der Waals surface area (Å²) in [6.45, 7) is 3.89. The normalized spacial score (nSPS) is 17.4. The number of amides is 1. The van der Waals surface area contributed by atoms with Crippen LogP contribution in [-0.2, 0) is 11.3 Å². The molecular formula is C16H18N2O2S. The van der Waals surface area contributed by atoms with Crippen LogP contribution in [0.3, 0.4) is 0 Å². The molecule has 1 unspecified atom stereocenters. The van der Waals surface area contributed by atoms with E-state index in [2.05, 4.69) is 29.3 Å². The molecule has 1 atom stereocenters. The fourth-order valence-corrected chi connectivity index (χ4v) is 3.62. The Balaban J connectivity index is 1.63. The molecule has 21 heavy (non-hydrogen) atoms. The Morgan fingerprint density at radius 2 is 2.24 bits per heavy atom. The fourth-order valence-electron chi connectivity index (χ4n) is 2.46. The van der Waals surface area contributed by atoms with Crippen LogP contribution in [0.2, 0.25) is 0 Å². The molecule has 0 fully saturated rings.